The molecular formula is C13H16N2O4S. The van der Waals surface area contributed by atoms with E-state index in [-0.39, 0.29) is 11.3 Å². The van der Waals surface area contributed by atoms with Crippen molar-refractivity contribution >= 4 is 16.0 Å². The van der Waals surface area contributed by atoms with Crippen molar-refractivity contribution in [3.8, 4) is 6.07 Å². The van der Waals surface area contributed by atoms with Gasteiger partial charge in [-0.1, -0.05) is 12.1 Å². The van der Waals surface area contributed by atoms with Gasteiger partial charge in [0.2, 0.25) is 10.0 Å². The monoisotopic (exact) mass is 296 g/mol. The van der Waals surface area contributed by atoms with Crippen molar-refractivity contribution in [1.29, 1.82) is 5.26 Å². The van der Waals surface area contributed by atoms with Crippen LogP contribution >= 0.6 is 0 Å². The van der Waals surface area contributed by atoms with Crippen LogP contribution in [0.4, 0.5) is 0 Å². The van der Waals surface area contributed by atoms with Crippen LogP contribution in [0, 0.1) is 11.3 Å². The molecule has 0 aliphatic heterocycles. The van der Waals surface area contributed by atoms with Crippen LogP contribution in [0.3, 0.4) is 0 Å². The zero-order valence-electron chi connectivity index (χ0n) is 11.5. The van der Waals surface area contributed by atoms with Gasteiger partial charge in [-0.25, -0.2) is 8.42 Å². The highest BCUT2D eigenvalue weighted by Gasteiger charge is 2.39. The predicted molar refractivity (Wildman–Crippen MR) is 72.4 cm³/mol. The number of nitriles is 1. The molecule has 0 aromatic heterocycles. The lowest BCUT2D eigenvalue weighted by Gasteiger charge is -2.30. The highest BCUT2D eigenvalue weighted by molar-refractivity contribution is 7.89. The third kappa shape index (κ3) is 2.98. The molecule has 0 heterocycles. The van der Waals surface area contributed by atoms with E-state index in [9.17, 15) is 13.2 Å². The molecule has 0 unspecified atom stereocenters. The lowest BCUT2D eigenvalue weighted by molar-refractivity contribution is -0.145. The summed E-state index contributed by atoms with van der Waals surface area (Å²) < 4.78 is 25.5. The van der Waals surface area contributed by atoms with Gasteiger partial charge in [-0.05, 0) is 31.5 Å². The zero-order chi connectivity index (χ0) is 15.6. The smallest absolute Gasteiger partial charge is 0.324 e. The highest BCUT2D eigenvalue weighted by Crippen LogP contribution is 2.23. The molecule has 0 saturated heterocycles. The minimum atomic E-state index is -3.90. The maximum Gasteiger partial charge on any atom is 0.324 e. The first-order valence-corrected chi connectivity index (χ1v) is 7.26. The summed E-state index contributed by atoms with van der Waals surface area (Å²) in [6, 6.07) is 7.79. The van der Waals surface area contributed by atoms with E-state index < -0.39 is 21.5 Å². The van der Waals surface area contributed by atoms with Crippen molar-refractivity contribution < 1.29 is 18.3 Å². The fourth-order valence-electron chi connectivity index (χ4n) is 1.46. The Bertz CT molecular complexity index is 642. The number of aliphatic carboxylic acids is 1. The Morgan fingerprint density at radius 1 is 1.35 bits per heavy atom. The molecule has 0 atom stereocenters. The summed E-state index contributed by atoms with van der Waals surface area (Å²) in [5.41, 5.74) is -0.851. The summed E-state index contributed by atoms with van der Waals surface area (Å²) in [7, 11) is -2.67. The first kappa shape index (κ1) is 16.1. The maximum absolute atomic E-state index is 12.4. The van der Waals surface area contributed by atoms with Crippen molar-refractivity contribution in [2.75, 3.05) is 7.05 Å². The Labute approximate surface area is 118 Å². The van der Waals surface area contributed by atoms with Crippen LogP contribution < -0.4 is 0 Å². The molecule has 1 aromatic carbocycles. The zero-order valence-corrected chi connectivity index (χ0v) is 12.3. The van der Waals surface area contributed by atoms with E-state index in [2.05, 4.69) is 0 Å². The Hall–Kier alpha value is -1.91. The summed E-state index contributed by atoms with van der Waals surface area (Å²) in [4.78, 5) is 11.1. The minimum Gasteiger partial charge on any atom is -0.480 e. The molecule has 1 rings (SSSR count). The summed E-state index contributed by atoms with van der Waals surface area (Å²) in [5.74, 6) is -1.23. The summed E-state index contributed by atoms with van der Waals surface area (Å²) >= 11 is 0. The molecule has 108 valence electrons. The van der Waals surface area contributed by atoms with Gasteiger partial charge in [0, 0.05) is 7.05 Å². The third-order valence-corrected chi connectivity index (χ3v) is 5.22. The summed E-state index contributed by atoms with van der Waals surface area (Å²) in [6.45, 7) is 2.63. The number of rotatable bonds is 5. The van der Waals surface area contributed by atoms with Crippen molar-refractivity contribution in [2.24, 2.45) is 0 Å². The third-order valence-electron chi connectivity index (χ3n) is 3.18. The van der Waals surface area contributed by atoms with Crippen molar-refractivity contribution in [3.63, 3.8) is 0 Å². The van der Waals surface area contributed by atoms with E-state index >= 15 is 0 Å². The lowest BCUT2D eigenvalue weighted by atomic mass is 10.1. The molecule has 6 nitrogen and oxygen atoms in total. The number of nitrogens with zero attached hydrogens (tertiary/aromatic N) is 2. The molecule has 7 heteroatoms. The second-order valence-electron chi connectivity index (χ2n) is 4.82. The molecule has 0 aliphatic carbocycles. The predicted octanol–water partition coefficient (Wildman–Crippen LogP) is 1.24. The van der Waals surface area contributed by atoms with Crippen LogP contribution in [0.5, 0.6) is 0 Å². The van der Waals surface area contributed by atoms with Gasteiger partial charge < -0.3 is 5.11 Å². The molecule has 0 spiro atoms. The van der Waals surface area contributed by atoms with Gasteiger partial charge in [-0.2, -0.15) is 9.57 Å². The van der Waals surface area contributed by atoms with E-state index in [1.807, 2.05) is 6.07 Å². The molecule has 1 N–H and O–H groups in total. The number of likely N-dealkylation sites (N-methyl/N-ethyl adjacent to an activating group) is 1. The second-order valence-corrected chi connectivity index (χ2v) is 6.78. The van der Waals surface area contributed by atoms with E-state index in [0.29, 0.717) is 5.56 Å². The number of carboxylic acid groups (broad SMARTS) is 1. The average Bonchev–Trinajstić information content (AvgIpc) is 2.38. The normalized spacial score (nSPS) is 12.2. The Kier molecular flexibility index (Phi) is 4.53. The number of sulfonamides is 1. The Balaban J connectivity index is 3.17. The van der Waals surface area contributed by atoms with E-state index in [1.165, 1.54) is 45.2 Å². The van der Waals surface area contributed by atoms with E-state index in [0.717, 1.165) is 4.31 Å². The molecule has 0 fully saturated rings. The number of hydrogen-bond acceptors (Lipinski definition) is 4. The first-order chi connectivity index (χ1) is 9.14. The fourth-order valence-corrected chi connectivity index (χ4v) is 2.94. The summed E-state index contributed by atoms with van der Waals surface area (Å²) in [6.07, 6.45) is 0.191. The molecule has 1 aromatic rings. The Morgan fingerprint density at radius 3 is 2.25 bits per heavy atom. The lowest BCUT2D eigenvalue weighted by Crippen LogP contribution is -2.50. The van der Waals surface area contributed by atoms with Gasteiger partial charge in [0.05, 0.1) is 17.4 Å². The first-order valence-electron chi connectivity index (χ1n) is 5.82. The number of carbonyl (C=O) groups is 1. The van der Waals surface area contributed by atoms with Gasteiger partial charge >= 0.3 is 5.97 Å². The molecule has 0 saturated carbocycles. The van der Waals surface area contributed by atoms with Gasteiger partial charge in [0.15, 0.2) is 0 Å². The fraction of sp³-hybridized carbons (Fsp3) is 0.385. The van der Waals surface area contributed by atoms with Crippen LogP contribution in [-0.2, 0) is 21.2 Å². The van der Waals surface area contributed by atoms with Crippen LogP contribution in [0.1, 0.15) is 19.4 Å². The maximum atomic E-state index is 12.4. The van der Waals surface area contributed by atoms with Gasteiger partial charge in [0.1, 0.15) is 5.54 Å². The van der Waals surface area contributed by atoms with Crippen LogP contribution in [-0.4, -0.2) is 36.4 Å². The van der Waals surface area contributed by atoms with Crippen molar-refractivity contribution in [2.45, 2.75) is 30.7 Å². The van der Waals surface area contributed by atoms with Gasteiger partial charge in [-0.3, -0.25) is 4.79 Å². The van der Waals surface area contributed by atoms with Gasteiger partial charge in [-0.15, -0.1) is 0 Å². The molecule has 0 radical (unpaired) electrons. The molecular weight excluding hydrogens is 280 g/mol. The largest absolute Gasteiger partial charge is 0.480 e. The molecule has 20 heavy (non-hydrogen) atoms. The topological polar surface area (TPSA) is 98.5 Å². The van der Waals surface area contributed by atoms with Crippen LogP contribution in [0.2, 0.25) is 0 Å². The molecule has 0 aliphatic rings. The van der Waals surface area contributed by atoms with Crippen molar-refractivity contribution in [1.82, 2.24) is 4.31 Å². The minimum absolute atomic E-state index is 0.00369. The number of hydrogen-bond donors (Lipinski definition) is 1. The van der Waals surface area contributed by atoms with E-state index in [1.54, 1.807) is 0 Å². The van der Waals surface area contributed by atoms with E-state index in [4.69, 9.17) is 10.4 Å². The van der Waals surface area contributed by atoms with Crippen LogP contribution in [0.15, 0.2) is 29.2 Å². The highest BCUT2D eigenvalue weighted by atomic mass is 32.2. The van der Waals surface area contributed by atoms with Crippen LogP contribution in [0.25, 0.3) is 0 Å². The average molecular weight is 296 g/mol. The summed E-state index contributed by atoms with van der Waals surface area (Å²) in [5, 5.41) is 17.7. The number of benzene rings is 1. The molecule has 0 bridgehead atoms. The quantitative estimate of drug-likeness (QED) is 0.881. The standard InChI is InChI=1S/C13H16N2O4S/c1-13(2,12(16)17)15(3)20(18,19)11-6-4-10(5-7-11)8-9-14/h4-7H,8H2,1-3H3,(H,16,17). The molecule has 0 amide bonds. The van der Waals surface area contributed by atoms with Gasteiger partial charge in [0.25, 0.3) is 0 Å². The van der Waals surface area contributed by atoms with Crippen molar-refractivity contribution in [3.05, 3.63) is 29.8 Å². The SMILES string of the molecule is CN(C(C)(C)C(=O)O)S(=O)(=O)c1ccc(CC#N)cc1. The number of carboxylic acids is 1. The second kappa shape index (κ2) is 5.61. The Morgan fingerprint density at radius 2 is 1.85 bits per heavy atom.